The van der Waals surface area contributed by atoms with E-state index >= 15 is 0 Å². The Bertz CT molecular complexity index is 666. The summed E-state index contributed by atoms with van der Waals surface area (Å²) in [5.41, 5.74) is 1.94. The fraction of sp³-hybridized carbons (Fsp3) is 0.897. The third kappa shape index (κ3) is 3.96. The van der Waals surface area contributed by atoms with Crippen LogP contribution in [-0.4, -0.2) is 22.4 Å². The summed E-state index contributed by atoms with van der Waals surface area (Å²) in [6, 6.07) is 0. The molecular weight excluding hydrogens is 380 g/mol. The lowest BCUT2D eigenvalue weighted by Gasteiger charge is -2.61. The molecule has 0 heterocycles. The molecule has 0 bridgehead atoms. The molecule has 0 aliphatic heterocycles. The van der Waals surface area contributed by atoms with Gasteiger partial charge in [0.25, 0.3) is 0 Å². The lowest BCUT2D eigenvalue weighted by molar-refractivity contribution is -0.0985. The second kappa shape index (κ2) is 8.79. The molecule has 4 aliphatic carbocycles. The summed E-state index contributed by atoms with van der Waals surface area (Å²) in [4.78, 5) is 0. The second-order valence-corrected chi connectivity index (χ2v) is 12.9. The summed E-state index contributed by atoms with van der Waals surface area (Å²) < 4.78 is 0. The molecule has 0 spiro atoms. The summed E-state index contributed by atoms with van der Waals surface area (Å²) >= 11 is 0. The molecule has 177 valence electrons. The van der Waals surface area contributed by atoms with Gasteiger partial charge in [-0.2, -0.15) is 0 Å². The van der Waals surface area contributed by atoms with Crippen LogP contribution in [-0.2, 0) is 0 Å². The first-order chi connectivity index (χ1) is 14.6. The second-order valence-electron chi connectivity index (χ2n) is 12.9. The lowest BCUT2D eigenvalue weighted by Crippen LogP contribution is -2.55. The summed E-state index contributed by atoms with van der Waals surface area (Å²) in [6.07, 6.45) is 13.9. The number of fused-ring (bicyclic) bond motifs is 5. The van der Waals surface area contributed by atoms with Crippen LogP contribution in [0.25, 0.3) is 0 Å². The molecule has 31 heavy (non-hydrogen) atoms. The number of aliphatic hydroxyl groups is 2. The normalized spacial score (nSPS) is 46.7. The molecule has 3 saturated carbocycles. The number of hydrogen-bond donors (Lipinski definition) is 2. The van der Waals surface area contributed by atoms with Crippen molar-refractivity contribution >= 4 is 0 Å². The van der Waals surface area contributed by atoms with E-state index < -0.39 is 6.10 Å². The fourth-order valence-electron chi connectivity index (χ4n) is 9.37. The van der Waals surface area contributed by atoms with Crippen LogP contribution in [0.2, 0.25) is 0 Å². The monoisotopic (exact) mass is 429 g/mol. The molecule has 2 nitrogen and oxygen atoms in total. The topological polar surface area (TPSA) is 40.5 Å². The van der Waals surface area contributed by atoms with Crippen molar-refractivity contribution in [2.24, 2.45) is 52.3 Å². The Kier molecular flexibility index (Phi) is 6.75. The molecule has 2 N–H and O–H groups in total. The largest absolute Gasteiger partial charge is 0.393 e. The van der Waals surface area contributed by atoms with Crippen LogP contribution in [0.4, 0.5) is 0 Å². The van der Waals surface area contributed by atoms with Gasteiger partial charge in [-0.05, 0) is 104 Å². The summed E-state index contributed by atoms with van der Waals surface area (Å²) in [6.45, 7) is 16.4. The van der Waals surface area contributed by atoms with Crippen LogP contribution in [0.15, 0.2) is 11.6 Å². The zero-order valence-electron chi connectivity index (χ0n) is 20.9. The van der Waals surface area contributed by atoms with Crippen LogP contribution < -0.4 is 0 Å². The maximum atomic E-state index is 10.6. The smallest absolute Gasteiger partial charge is 0.0581 e. The van der Waals surface area contributed by atoms with Crippen LogP contribution in [0.5, 0.6) is 0 Å². The van der Waals surface area contributed by atoms with E-state index in [0.717, 1.165) is 36.0 Å². The third-order valence-corrected chi connectivity index (χ3v) is 11.0. The SMILES string of the molecule is [CH2]C(O)C1C[C@H](O)CC2=CC[C@H]3[C@@H]4CC[C@H]([C@H](C)CCCC(C)C)[C@@]4(C)CC[C@@H]3[C@]21C. The van der Waals surface area contributed by atoms with Crippen LogP contribution in [0.1, 0.15) is 98.8 Å². The molecule has 10 atom stereocenters. The maximum Gasteiger partial charge on any atom is 0.0581 e. The van der Waals surface area contributed by atoms with Crippen molar-refractivity contribution in [1.82, 2.24) is 0 Å². The highest BCUT2D eigenvalue weighted by Crippen LogP contribution is 2.68. The zero-order valence-corrected chi connectivity index (χ0v) is 20.9. The van der Waals surface area contributed by atoms with E-state index in [1.807, 2.05) is 0 Å². The van der Waals surface area contributed by atoms with Crippen LogP contribution >= 0.6 is 0 Å². The molecule has 0 aromatic rings. The van der Waals surface area contributed by atoms with Gasteiger partial charge in [0, 0.05) is 0 Å². The Morgan fingerprint density at radius 3 is 2.48 bits per heavy atom. The van der Waals surface area contributed by atoms with Crippen LogP contribution in [0, 0.1) is 59.2 Å². The van der Waals surface area contributed by atoms with Gasteiger partial charge in [0.2, 0.25) is 0 Å². The van der Waals surface area contributed by atoms with E-state index in [2.05, 4.69) is 47.6 Å². The highest BCUT2D eigenvalue weighted by atomic mass is 16.3. The molecule has 1 radical (unpaired) electrons. The molecule has 0 aromatic carbocycles. The Morgan fingerprint density at radius 1 is 1.06 bits per heavy atom. The van der Waals surface area contributed by atoms with Gasteiger partial charge in [0.05, 0.1) is 12.2 Å². The molecule has 2 unspecified atom stereocenters. The van der Waals surface area contributed by atoms with Gasteiger partial charge in [-0.1, -0.05) is 65.5 Å². The van der Waals surface area contributed by atoms with E-state index in [0.29, 0.717) is 17.8 Å². The number of allylic oxidation sites excluding steroid dienone is 1. The number of hydrogen-bond acceptors (Lipinski definition) is 2. The van der Waals surface area contributed by atoms with Crippen molar-refractivity contribution in [3.63, 3.8) is 0 Å². The fourth-order valence-corrected chi connectivity index (χ4v) is 9.37. The van der Waals surface area contributed by atoms with Crippen molar-refractivity contribution in [2.75, 3.05) is 0 Å². The first kappa shape index (κ1) is 23.8. The Hall–Kier alpha value is -0.340. The number of aliphatic hydroxyl groups excluding tert-OH is 2. The van der Waals surface area contributed by atoms with Crippen LogP contribution in [0.3, 0.4) is 0 Å². The van der Waals surface area contributed by atoms with Gasteiger partial charge in [-0.15, -0.1) is 0 Å². The summed E-state index contributed by atoms with van der Waals surface area (Å²) in [5.74, 6) is 4.86. The van der Waals surface area contributed by atoms with Gasteiger partial charge in [-0.3, -0.25) is 0 Å². The molecule has 4 rings (SSSR count). The van der Waals surface area contributed by atoms with Crippen molar-refractivity contribution in [2.45, 2.75) is 111 Å². The van der Waals surface area contributed by atoms with Crippen molar-refractivity contribution in [1.29, 1.82) is 0 Å². The first-order valence-corrected chi connectivity index (χ1v) is 13.5. The average Bonchev–Trinajstić information content (AvgIpc) is 3.04. The average molecular weight is 430 g/mol. The minimum Gasteiger partial charge on any atom is -0.393 e. The van der Waals surface area contributed by atoms with Crippen molar-refractivity contribution in [3.05, 3.63) is 18.6 Å². The Labute approximate surface area is 192 Å². The van der Waals surface area contributed by atoms with Crippen molar-refractivity contribution < 1.29 is 10.2 Å². The lowest BCUT2D eigenvalue weighted by atomic mass is 9.44. The summed E-state index contributed by atoms with van der Waals surface area (Å²) in [5, 5.41) is 21.1. The van der Waals surface area contributed by atoms with Gasteiger partial charge in [0.1, 0.15) is 0 Å². The van der Waals surface area contributed by atoms with E-state index in [4.69, 9.17) is 0 Å². The Morgan fingerprint density at radius 2 is 1.81 bits per heavy atom. The molecule has 4 aliphatic rings. The maximum absolute atomic E-state index is 10.6. The third-order valence-electron chi connectivity index (χ3n) is 11.0. The van der Waals surface area contributed by atoms with Gasteiger partial charge in [0.15, 0.2) is 0 Å². The quantitative estimate of drug-likeness (QED) is 0.455. The van der Waals surface area contributed by atoms with E-state index in [1.54, 1.807) is 0 Å². The highest BCUT2D eigenvalue weighted by molar-refractivity contribution is 5.28. The summed E-state index contributed by atoms with van der Waals surface area (Å²) in [7, 11) is 0. The standard InChI is InChI=1S/C29H49O2/c1-18(2)8-7-9-19(3)24-12-13-25-23-11-10-21-16-22(31)17-27(20(4)30)29(21,6)26(23)14-15-28(24,25)5/h10,18-20,22-27,30-31H,4,7-9,11-17H2,1-3,5-6H3/t19-,20?,22-,23+,24-,25+,26+,27?,28-,29+/m1/s1. The van der Waals surface area contributed by atoms with E-state index in [9.17, 15) is 10.2 Å². The van der Waals surface area contributed by atoms with Gasteiger partial charge in [-0.25, -0.2) is 0 Å². The zero-order chi connectivity index (χ0) is 22.6. The molecule has 0 amide bonds. The predicted molar refractivity (Wildman–Crippen MR) is 129 cm³/mol. The Balaban J connectivity index is 1.55. The highest BCUT2D eigenvalue weighted by Gasteiger charge is 2.61. The van der Waals surface area contributed by atoms with Crippen molar-refractivity contribution in [3.8, 4) is 0 Å². The van der Waals surface area contributed by atoms with Gasteiger partial charge < -0.3 is 10.2 Å². The molecule has 0 saturated heterocycles. The van der Waals surface area contributed by atoms with Gasteiger partial charge >= 0.3 is 0 Å². The molecular formula is C29H49O2. The van der Waals surface area contributed by atoms with E-state index in [-0.39, 0.29) is 17.4 Å². The predicted octanol–water partition coefficient (Wildman–Crippen LogP) is 6.81. The molecule has 2 heteroatoms. The molecule has 3 fully saturated rings. The van der Waals surface area contributed by atoms with E-state index in [1.165, 1.54) is 56.9 Å². The minimum absolute atomic E-state index is 0.0195. The number of rotatable bonds is 6. The first-order valence-electron chi connectivity index (χ1n) is 13.5. The minimum atomic E-state index is -0.590. The molecule has 0 aromatic heterocycles.